The Bertz CT molecular complexity index is 1100. The molecule has 3 aromatic rings. The van der Waals surface area contributed by atoms with E-state index >= 15 is 0 Å². The highest BCUT2D eigenvalue weighted by Crippen LogP contribution is 2.17. The molecule has 0 unspecified atom stereocenters. The van der Waals surface area contributed by atoms with Crippen LogP contribution in [0.4, 0.5) is 4.39 Å². The lowest BCUT2D eigenvalue weighted by Gasteiger charge is -2.22. The van der Waals surface area contributed by atoms with Crippen molar-refractivity contribution in [1.29, 1.82) is 0 Å². The molecular formula is C24H24FN3O3. The van der Waals surface area contributed by atoms with Crippen LogP contribution in [-0.4, -0.2) is 29.8 Å². The van der Waals surface area contributed by atoms with Crippen LogP contribution in [0.3, 0.4) is 0 Å². The molecule has 0 saturated heterocycles. The largest absolute Gasteiger partial charge is 0.368 e. The second-order valence-corrected chi connectivity index (χ2v) is 7.43. The number of fused-ring (bicyclic) bond motifs is 1. The molecule has 3 aromatic carbocycles. The van der Waals surface area contributed by atoms with Crippen molar-refractivity contribution >= 4 is 28.5 Å². The lowest BCUT2D eigenvalue weighted by atomic mass is 10.00. The van der Waals surface area contributed by atoms with Crippen molar-refractivity contribution in [2.24, 2.45) is 5.73 Å². The summed E-state index contributed by atoms with van der Waals surface area (Å²) in [4.78, 5) is 36.5. The number of nitrogens with two attached hydrogens (primary N) is 1. The smallest absolute Gasteiger partial charge is 0.243 e. The molecule has 0 fully saturated rings. The third-order valence-electron chi connectivity index (χ3n) is 4.96. The van der Waals surface area contributed by atoms with E-state index in [2.05, 4.69) is 10.6 Å². The minimum Gasteiger partial charge on any atom is -0.368 e. The molecule has 6 nitrogen and oxygen atoms in total. The summed E-state index contributed by atoms with van der Waals surface area (Å²) in [6.45, 7) is 1.30. The fraction of sp³-hybridized carbons (Fsp3) is 0.208. The van der Waals surface area contributed by atoms with Gasteiger partial charge in [0.2, 0.25) is 17.7 Å². The Hall–Kier alpha value is -3.74. The molecule has 3 amide bonds. The van der Waals surface area contributed by atoms with E-state index in [-0.39, 0.29) is 12.8 Å². The Labute approximate surface area is 179 Å². The molecule has 7 heteroatoms. The van der Waals surface area contributed by atoms with Crippen molar-refractivity contribution in [2.75, 3.05) is 0 Å². The first kappa shape index (κ1) is 22.0. The van der Waals surface area contributed by atoms with Gasteiger partial charge in [-0.25, -0.2) is 4.39 Å². The van der Waals surface area contributed by atoms with Crippen molar-refractivity contribution in [3.63, 3.8) is 0 Å². The van der Waals surface area contributed by atoms with E-state index in [4.69, 9.17) is 5.73 Å². The van der Waals surface area contributed by atoms with E-state index in [1.807, 2.05) is 42.5 Å². The van der Waals surface area contributed by atoms with E-state index in [0.717, 1.165) is 16.3 Å². The zero-order chi connectivity index (χ0) is 22.4. The molecule has 0 aliphatic rings. The van der Waals surface area contributed by atoms with Crippen molar-refractivity contribution < 1.29 is 18.8 Å². The quantitative estimate of drug-likeness (QED) is 0.520. The van der Waals surface area contributed by atoms with E-state index in [9.17, 15) is 18.8 Å². The Balaban J connectivity index is 1.74. The zero-order valence-electron chi connectivity index (χ0n) is 17.1. The van der Waals surface area contributed by atoms with Crippen LogP contribution in [0.25, 0.3) is 10.8 Å². The first-order chi connectivity index (χ1) is 14.8. The van der Waals surface area contributed by atoms with Crippen molar-refractivity contribution in [1.82, 2.24) is 10.6 Å². The maximum atomic E-state index is 13.2. The molecule has 0 heterocycles. The van der Waals surface area contributed by atoms with Crippen LogP contribution in [-0.2, 0) is 27.2 Å². The number of hydrogen-bond donors (Lipinski definition) is 3. The molecule has 31 heavy (non-hydrogen) atoms. The van der Waals surface area contributed by atoms with Crippen LogP contribution < -0.4 is 16.4 Å². The van der Waals surface area contributed by atoms with Crippen LogP contribution in [0.2, 0.25) is 0 Å². The minimum atomic E-state index is -0.946. The summed E-state index contributed by atoms with van der Waals surface area (Å²) in [7, 11) is 0. The summed E-state index contributed by atoms with van der Waals surface area (Å²) < 4.78 is 13.2. The number of amides is 3. The first-order valence-electron chi connectivity index (χ1n) is 9.91. The number of rotatable bonds is 8. The summed E-state index contributed by atoms with van der Waals surface area (Å²) >= 11 is 0. The molecule has 3 rings (SSSR count). The summed E-state index contributed by atoms with van der Waals surface area (Å²) in [5, 5.41) is 7.31. The van der Waals surface area contributed by atoms with Crippen LogP contribution in [0.5, 0.6) is 0 Å². The predicted molar refractivity (Wildman–Crippen MR) is 116 cm³/mol. The van der Waals surface area contributed by atoms with Crippen molar-refractivity contribution in [2.45, 2.75) is 31.8 Å². The zero-order valence-corrected chi connectivity index (χ0v) is 17.1. The van der Waals surface area contributed by atoms with Crippen LogP contribution in [0.1, 0.15) is 18.1 Å². The number of hydrogen-bond acceptors (Lipinski definition) is 3. The highest BCUT2D eigenvalue weighted by atomic mass is 19.1. The standard InChI is InChI=1S/C24H24FN3O3/c1-15(29)27-22(13-16-7-10-20(25)11-8-16)24(31)28-21(23(26)30)14-17-6-9-18-4-2-3-5-19(18)12-17/h2-12,21-22H,13-14H2,1H3,(H2,26,30)(H,27,29)(H,28,31)/t21-,22-/m0/s1. The normalized spacial score (nSPS) is 12.7. The fourth-order valence-corrected chi connectivity index (χ4v) is 3.41. The lowest BCUT2D eigenvalue weighted by Crippen LogP contribution is -2.54. The van der Waals surface area contributed by atoms with Gasteiger partial charge in [0, 0.05) is 19.8 Å². The highest BCUT2D eigenvalue weighted by molar-refractivity contribution is 5.91. The molecule has 160 valence electrons. The number of carbonyl (C=O) groups is 3. The minimum absolute atomic E-state index is 0.146. The third kappa shape index (κ3) is 6.12. The number of primary amides is 1. The predicted octanol–water partition coefficient (Wildman–Crippen LogP) is 2.24. The summed E-state index contributed by atoms with van der Waals surface area (Å²) in [6.07, 6.45) is 0.363. The molecule has 0 aliphatic carbocycles. The Morgan fingerprint density at radius 1 is 0.839 bits per heavy atom. The van der Waals surface area contributed by atoms with E-state index in [1.165, 1.54) is 31.2 Å². The molecule has 4 N–H and O–H groups in total. The molecule has 0 bridgehead atoms. The number of carbonyl (C=O) groups excluding carboxylic acids is 3. The monoisotopic (exact) mass is 421 g/mol. The van der Waals surface area contributed by atoms with Gasteiger partial charge >= 0.3 is 0 Å². The van der Waals surface area contributed by atoms with Crippen LogP contribution in [0, 0.1) is 5.82 Å². The first-order valence-corrected chi connectivity index (χ1v) is 9.91. The molecule has 0 radical (unpaired) electrons. The molecule has 0 saturated carbocycles. The van der Waals surface area contributed by atoms with Gasteiger partial charge in [-0.3, -0.25) is 14.4 Å². The van der Waals surface area contributed by atoms with E-state index in [1.54, 1.807) is 0 Å². The van der Waals surface area contributed by atoms with Gasteiger partial charge in [-0.1, -0.05) is 54.6 Å². The topological polar surface area (TPSA) is 101 Å². The number of halogens is 1. The number of nitrogens with one attached hydrogen (secondary N) is 2. The summed E-state index contributed by atoms with van der Waals surface area (Å²) in [6, 6.07) is 17.4. The molecule has 0 spiro atoms. The lowest BCUT2D eigenvalue weighted by molar-refractivity contribution is -0.130. The van der Waals surface area contributed by atoms with E-state index < -0.39 is 35.6 Å². The van der Waals surface area contributed by atoms with Crippen molar-refractivity contribution in [3.05, 3.63) is 83.7 Å². The van der Waals surface area contributed by atoms with Crippen molar-refractivity contribution in [3.8, 4) is 0 Å². The summed E-state index contributed by atoms with van der Waals surface area (Å²) in [5.74, 6) is -2.00. The SMILES string of the molecule is CC(=O)N[C@@H](Cc1ccc(F)cc1)C(=O)N[C@@H](Cc1ccc2ccccc2c1)C(N)=O. The Morgan fingerprint density at radius 2 is 1.45 bits per heavy atom. The molecule has 0 aliphatic heterocycles. The second kappa shape index (κ2) is 9.84. The van der Waals surface area contributed by atoms with Gasteiger partial charge in [-0.05, 0) is 34.0 Å². The van der Waals surface area contributed by atoms with Gasteiger partial charge in [0.25, 0.3) is 0 Å². The third-order valence-corrected chi connectivity index (χ3v) is 4.96. The van der Waals surface area contributed by atoms with Gasteiger partial charge in [-0.15, -0.1) is 0 Å². The molecule has 0 aromatic heterocycles. The van der Waals surface area contributed by atoms with Gasteiger partial charge in [-0.2, -0.15) is 0 Å². The van der Waals surface area contributed by atoms with Crippen LogP contribution in [0.15, 0.2) is 66.7 Å². The second-order valence-electron chi connectivity index (χ2n) is 7.43. The molecule has 2 atom stereocenters. The maximum Gasteiger partial charge on any atom is 0.243 e. The highest BCUT2D eigenvalue weighted by Gasteiger charge is 2.25. The van der Waals surface area contributed by atoms with E-state index in [0.29, 0.717) is 5.56 Å². The Kier molecular flexibility index (Phi) is 6.97. The van der Waals surface area contributed by atoms with Crippen LogP contribution >= 0.6 is 0 Å². The summed E-state index contributed by atoms with van der Waals surface area (Å²) in [5.41, 5.74) is 7.05. The fourth-order valence-electron chi connectivity index (χ4n) is 3.41. The van der Waals surface area contributed by atoms with Gasteiger partial charge < -0.3 is 16.4 Å². The average Bonchev–Trinajstić information content (AvgIpc) is 2.73. The Morgan fingerprint density at radius 3 is 2.10 bits per heavy atom. The van der Waals surface area contributed by atoms with Gasteiger partial charge in [0.1, 0.15) is 17.9 Å². The number of benzene rings is 3. The average molecular weight is 421 g/mol. The van der Waals surface area contributed by atoms with Gasteiger partial charge in [0.15, 0.2) is 0 Å². The maximum absolute atomic E-state index is 13.2. The molecular weight excluding hydrogens is 397 g/mol. The van der Waals surface area contributed by atoms with Gasteiger partial charge in [0.05, 0.1) is 0 Å².